The molecule has 1 saturated heterocycles. The fraction of sp³-hybridized carbons (Fsp3) is 0.467. The standard InChI is InChI=1S/C15H19N3O2S/c1-10-9-14(17-20-10)16-15(19)11(2)18-7-3-5-12(18)13-6-4-8-21-13/h4,6,8-9,11-12H,3,5,7H2,1-2H3,(H,16,17,19)/t11-,12-/m0/s1. The molecule has 0 spiro atoms. The van der Waals surface area contributed by atoms with Crippen LogP contribution in [0.3, 0.4) is 0 Å². The highest BCUT2D eigenvalue weighted by molar-refractivity contribution is 7.10. The number of nitrogens with one attached hydrogen (secondary N) is 1. The number of hydrogen-bond acceptors (Lipinski definition) is 5. The zero-order chi connectivity index (χ0) is 14.8. The first-order valence-electron chi connectivity index (χ1n) is 7.18. The molecule has 0 unspecified atom stereocenters. The monoisotopic (exact) mass is 305 g/mol. The van der Waals surface area contributed by atoms with E-state index in [2.05, 4.69) is 32.9 Å². The minimum absolute atomic E-state index is 0.0354. The van der Waals surface area contributed by atoms with E-state index in [1.807, 2.05) is 6.92 Å². The predicted molar refractivity (Wildman–Crippen MR) is 82.3 cm³/mol. The number of carbonyl (C=O) groups is 1. The fourth-order valence-corrected chi connectivity index (χ4v) is 3.73. The van der Waals surface area contributed by atoms with Gasteiger partial charge in [0.1, 0.15) is 5.76 Å². The number of amides is 1. The van der Waals surface area contributed by atoms with Crippen LogP contribution in [0.25, 0.3) is 0 Å². The van der Waals surface area contributed by atoms with Gasteiger partial charge in [-0.2, -0.15) is 0 Å². The summed E-state index contributed by atoms with van der Waals surface area (Å²) in [6.07, 6.45) is 2.24. The number of anilines is 1. The molecule has 21 heavy (non-hydrogen) atoms. The van der Waals surface area contributed by atoms with Gasteiger partial charge in [0.05, 0.1) is 6.04 Å². The van der Waals surface area contributed by atoms with Crippen LogP contribution in [0, 0.1) is 6.92 Å². The molecule has 0 aliphatic carbocycles. The van der Waals surface area contributed by atoms with Crippen molar-refractivity contribution in [2.45, 2.75) is 38.8 Å². The Balaban J connectivity index is 1.68. The second-order valence-corrected chi connectivity index (χ2v) is 6.38. The number of likely N-dealkylation sites (tertiary alicyclic amines) is 1. The van der Waals surface area contributed by atoms with E-state index >= 15 is 0 Å². The molecule has 0 bridgehead atoms. The summed E-state index contributed by atoms with van der Waals surface area (Å²) in [4.78, 5) is 16.0. The molecule has 3 heterocycles. The number of aryl methyl sites for hydroxylation is 1. The van der Waals surface area contributed by atoms with Crippen LogP contribution in [0.5, 0.6) is 0 Å². The normalized spacial score (nSPS) is 20.6. The molecule has 2 aromatic heterocycles. The molecule has 1 amide bonds. The third-order valence-corrected chi connectivity index (χ3v) is 4.90. The molecule has 0 radical (unpaired) electrons. The molecule has 0 saturated carbocycles. The summed E-state index contributed by atoms with van der Waals surface area (Å²) < 4.78 is 4.97. The van der Waals surface area contributed by atoms with Crippen LogP contribution in [0.2, 0.25) is 0 Å². The second-order valence-electron chi connectivity index (χ2n) is 5.40. The van der Waals surface area contributed by atoms with E-state index < -0.39 is 0 Å². The molecule has 0 aromatic carbocycles. The SMILES string of the molecule is Cc1cc(NC(=O)[C@H](C)N2CCC[C@H]2c2cccs2)no1. The smallest absolute Gasteiger partial charge is 0.242 e. The maximum atomic E-state index is 12.4. The molecular weight excluding hydrogens is 286 g/mol. The Morgan fingerprint density at radius 3 is 3.14 bits per heavy atom. The van der Waals surface area contributed by atoms with Gasteiger partial charge in [-0.05, 0) is 44.7 Å². The quantitative estimate of drug-likeness (QED) is 0.942. The van der Waals surface area contributed by atoms with Gasteiger partial charge in [-0.15, -0.1) is 11.3 Å². The Bertz CT molecular complexity index is 608. The molecule has 1 fully saturated rings. The topological polar surface area (TPSA) is 58.4 Å². The van der Waals surface area contributed by atoms with Gasteiger partial charge in [0.2, 0.25) is 5.91 Å². The number of aromatic nitrogens is 1. The summed E-state index contributed by atoms with van der Waals surface area (Å²) in [5.41, 5.74) is 0. The molecule has 1 aliphatic heterocycles. The summed E-state index contributed by atoms with van der Waals surface area (Å²) in [6, 6.07) is 6.12. The van der Waals surface area contributed by atoms with E-state index in [0.29, 0.717) is 17.6 Å². The van der Waals surface area contributed by atoms with Gasteiger partial charge < -0.3 is 9.84 Å². The molecule has 2 aromatic rings. The fourth-order valence-electron chi connectivity index (χ4n) is 2.85. The minimum Gasteiger partial charge on any atom is -0.360 e. The van der Waals surface area contributed by atoms with Crippen molar-refractivity contribution in [2.24, 2.45) is 0 Å². The van der Waals surface area contributed by atoms with Gasteiger partial charge in [-0.25, -0.2) is 0 Å². The van der Waals surface area contributed by atoms with E-state index in [9.17, 15) is 4.79 Å². The average molecular weight is 305 g/mol. The molecular formula is C15H19N3O2S. The maximum absolute atomic E-state index is 12.4. The Labute approximate surface area is 127 Å². The van der Waals surface area contributed by atoms with E-state index in [1.165, 1.54) is 4.88 Å². The summed E-state index contributed by atoms with van der Waals surface area (Å²) >= 11 is 1.76. The summed E-state index contributed by atoms with van der Waals surface area (Å²) in [6.45, 7) is 4.71. The molecule has 1 N–H and O–H groups in total. The van der Waals surface area contributed by atoms with Crippen molar-refractivity contribution in [1.29, 1.82) is 0 Å². The number of hydrogen-bond donors (Lipinski definition) is 1. The predicted octanol–water partition coefficient (Wildman–Crippen LogP) is 3.21. The van der Waals surface area contributed by atoms with Crippen molar-refractivity contribution >= 4 is 23.1 Å². The molecule has 3 rings (SSSR count). The zero-order valence-electron chi connectivity index (χ0n) is 12.2. The first-order valence-corrected chi connectivity index (χ1v) is 8.06. The number of thiophene rings is 1. The lowest BCUT2D eigenvalue weighted by Gasteiger charge is -2.28. The van der Waals surface area contributed by atoms with Gasteiger partial charge in [-0.1, -0.05) is 11.2 Å². The van der Waals surface area contributed by atoms with E-state index in [-0.39, 0.29) is 11.9 Å². The van der Waals surface area contributed by atoms with E-state index in [0.717, 1.165) is 19.4 Å². The average Bonchev–Trinajstić information content (AvgIpc) is 3.18. The van der Waals surface area contributed by atoms with Crippen molar-refractivity contribution in [3.05, 3.63) is 34.2 Å². The van der Waals surface area contributed by atoms with Gasteiger partial charge in [0, 0.05) is 17.0 Å². The van der Waals surface area contributed by atoms with Crippen LogP contribution in [0.15, 0.2) is 28.1 Å². The van der Waals surface area contributed by atoms with Gasteiger partial charge in [-0.3, -0.25) is 9.69 Å². The molecule has 6 heteroatoms. The third kappa shape index (κ3) is 3.01. The van der Waals surface area contributed by atoms with Crippen LogP contribution >= 0.6 is 11.3 Å². The van der Waals surface area contributed by atoms with Crippen LogP contribution in [-0.2, 0) is 4.79 Å². The third-order valence-electron chi connectivity index (χ3n) is 3.92. The minimum atomic E-state index is -0.184. The van der Waals surface area contributed by atoms with Crippen molar-refractivity contribution in [3.63, 3.8) is 0 Å². The highest BCUT2D eigenvalue weighted by atomic mass is 32.1. The lowest BCUT2D eigenvalue weighted by Crippen LogP contribution is -2.41. The van der Waals surface area contributed by atoms with Crippen LogP contribution in [-0.4, -0.2) is 28.6 Å². The first-order chi connectivity index (χ1) is 10.1. The van der Waals surface area contributed by atoms with Gasteiger partial charge in [0.15, 0.2) is 5.82 Å². The van der Waals surface area contributed by atoms with E-state index in [1.54, 1.807) is 24.3 Å². The van der Waals surface area contributed by atoms with Crippen LogP contribution < -0.4 is 5.32 Å². The molecule has 1 aliphatic rings. The Kier molecular flexibility index (Phi) is 4.07. The Morgan fingerprint density at radius 1 is 1.62 bits per heavy atom. The second kappa shape index (κ2) is 5.99. The van der Waals surface area contributed by atoms with Crippen molar-refractivity contribution in [3.8, 4) is 0 Å². The highest BCUT2D eigenvalue weighted by Crippen LogP contribution is 2.35. The highest BCUT2D eigenvalue weighted by Gasteiger charge is 2.33. The Hall–Kier alpha value is -1.66. The molecule has 5 nitrogen and oxygen atoms in total. The summed E-state index contributed by atoms with van der Waals surface area (Å²) in [7, 11) is 0. The zero-order valence-corrected chi connectivity index (χ0v) is 13.0. The number of nitrogens with zero attached hydrogens (tertiary/aromatic N) is 2. The Morgan fingerprint density at radius 2 is 2.48 bits per heavy atom. The number of rotatable bonds is 4. The van der Waals surface area contributed by atoms with Crippen molar-refractivity contribution in [2.75, 3.05) is 11.9 Å². The molecule has 112 valence electrons. The molecule has 2 atom stereocenters. The van der Waals surface area contributed by atoms with E-state index in [4.69, 9.17) is 4.52 Å². The number of carbonyl (C=O) groups excluding carboxylic acids is 1. The summed E-state index contributed by atoms with van der Waals surface area (Å²) in [5, 5.41) is 8.73. The van der Waals surface area contributed by atoms with Crippen molar-refractivity contribution < 1.29 is 9.32 Å². The van der Waals surface area contributed by atoms with Crippen molar-refractivity contribution in [1.82, 2.24) is 10.1 Å². The maximum Gasteiger partial charge on any atom is 0.242 e. The van der Waals surface area contributed by atoms with Gasteiger partial charge >= 0.3 is 0 Å². The summed E-state index contributed by atoms with van der Waals surface area (Å²) in [5.74, 6) is 1.14. The van der Waals surface area contributed by atoms with Crippen LogP contribution in [0.4, 0.5) is 5.82 Å². The largest absolute Gasteiger partial charge is 0.360 e. The lowest BCUT2D eigenvalue weighted by molar-refractivity contribution is -0.121. The first kappa shape index (κ1) is 14.3. The van der Waals surface area contributed by atoms with Gasteiger partial charge in [0.25, 0.3) is 0 Å². The van der Waals surface area contributed by atoms with Crippen LogP contribution in [0.1, 0.15) is 36.4 Å². The lowest BCUT2D eigenvalue weighted by atomic mass is 10.1.